The van der Waals surface area contributed by atoms with Gasteiger partial charge in [-0.25, -0.2) is 0 Å². The molecule has 0 aromatic heterocycles. The average molecular weight is 357 g/mol. The van der Waals surface area contributed by atoms with Crippen LogP contribution in [0.3, 0.4) is 0 Å². The summed E-state index contributed by atoms with van der Waals surface area (Å²) in [6.07, 6.45) is 8.40. The van der Waals surface area contributed by atoms with Gasteiger partial charge in [0.25, 0.3) is 0 Å². The number of nitrogens with zero attached hydrogens (tertiary/aromatic N) is 1. The van der Waals surface area contributed by atoms with Crippen LogP contribution in [-0.2, 0) is 11.3 Å². The summed E-state index contributed by atoms with van der Waals surface area (Å²) in [5, 5.41) is 0. The zero-order valence-electron chi connectivity index (χ0n) is 15.7. The SMILES string of the molecule is C=CCN(Cc1cccc(OC)c1)C(=O)CCC1NNC2CCCCC21. The average Bonchev–Trinajstić information content (AvgIpc) is 3.09. The van der Waals surface area contributed by atoms with Gasteiger partial charge in [-0.2, -0.15) is 0 Å². The maximum absolute atomic E-state index is 12.8. The molecular weight excluding hydrogens is 326 g/mol. The molecule has 3 atom stereocenters. The molecule has 26 heavy (non-hydrogen) atoms. The molecule has 5 nitrogen and oxygen atoms in total. The molecule has 2 N–H and O–H groups in total. The van der Waals surface area contributed by atoms with Gasteiger partial charge in [-0.05, 0) is 42.9 Å². The smallest absolute Gasteiger partial charge is 0.223 e. The van der Waals surface area contributed by atoms with E-state index in [0.29, 0.717) is 37.5 Å². The van der Waals surface area contributed by atoms with E-state index in [-0.39, 0.29) is 5.91 Å². The third kappa shape index (κ3) is 4.65. The highest BCUT2D eigenvalue weighted by atomic mass is 16.5. The van der Waals surface area contributed by atoms with Crippen molar-refractivity contribution in [3.8, 4) is 5.75 Å². The molecule has 1 aromatic carbocycles. The summed E-state index contributed by atoms with van der Waals surface area (Å²) in [6.45, 7) is 4.96. The first kappa shape index (κ1) is 18.9. The summed E-state index contributed by atoms with van der Waals surface area (Å²) in [6, 6.07) is 8.89. The molecule has 2 aliphatic rings. The van der Waals surface area contributed by atoms with Crippen molar-refractivity contribution in [2.24, 2.45) is 5.92 Å². The third-order valence-corrected chi connectivity index (χ3v) is 5.67. The van der Waals surface area contributed by atoms with Crippen LogP contribution in [0.15, 0.2) is 36.9 Å². The van der Waals surface area contributed by atoms with Gasteiger partial charge < -0.3 is 9.64 Å². The maximum atomic E-state index is 12.8. The van der Waals surface area contributed by atoms with Crippen molar-refractivity contribution in [1.82, 2.24) is 15.8 Å². The molecule has 3 unspecified atom stereocenters. The van der Waals surface area contributed by atoms with Gasteiger partial charge in [-0.15, -0.1) is 6.58 Å². The molecule has 1 amide bonds. The topological polar surface area (TPSA) is 53.6 Å². The van der Waals surface area contributed by atoms with Crippen LogP contribution in [0.1, 0.15) is 44.1 Å². The van der Waals surface area contributed by atoms with Crippen LogP contribution in [0.25, 0.3) is 0 Å². The monoisotopic (exact) mass is 357 g/mol. The predicted molar refractivity (Wildman–Crippen MR) is 104 cm³/mol. The van der Waals surface area contributed by atoms with E-state index in [1.165, 1.54) is 25.7 Å². The molecular formula is C21H31N3O2. The van der Waals surface area contributed by atoms with E-state index in [4.69, 9.17) is 4.74 Å². The molecule has 0 radical (unpaired) electrons. The van der Waals surface area contributed by atoms with Crippen LogP contribution in [0.5, 0.6) is 5.75 Å². The van der Waals surface area contributed by atoms with E-state index >= 15 is 0 Å². The second-order valence-corrected chi connectivity index (χ2v) is 7.40. The minimum atomic E-state index is 0.189. The fourth-order valence-corrected chi connectivity index (χ4v) is 4.27. The standard InChI is InChI=1S/C21H31N3O2/c1-3-13-24(15-16-7-6-8-17(14-16)26-2)21(25)12-11-20-18-9-4-5-10-19(18)22-23-20/h3,6-8,14,18-20,22-23H,1,4-5,9-13,15H2,2H3. The summed E-state index contributed by atoms with van der Waals surface area (Å²) in [5.74, 6) is 1.68. The van der Waals surface area contributed by atoms with Crippen molar-refractivity contribution < 1.29 is 9.53 Å². The molecule has 142 valence electrons. The van der Waals surface area contributed by atoms with Crippen molar-refractivity contribution in [3.63, 3.8) is 0 Å². The Morgan fingerprint density at radius 1 is 1.35 bits per heavy atom. The van der Waals surface area contributed by atoms with E-state index < -0.39 is 0 Å². The molecule has 1 aromatic rings. The first-order valence-electron chi connectivity index (χ1n) is 9.74. The maximum Gasteiger partial charge on any atom is 0.223 e. The summed E-state index contributed by atoms with van der Waals surface area (Å²) in [5.41, 5.74) is 7.94. The number of ether oxygens (including phenoxy) is 1. The highest BCUT2D eigenvalue weighted by Gasteiger charge is 2.37. The molecule has 1 aliphatic heterocycles. The number of hydrogen-bond donors (Lipinski definition) is 2. The third-order valence-electron chi connectivity index (χ3n) is 5.67. The lowest BCUT2D eigenvalue weighted by molar-refractivity contribution is -0.131. The van der Waals surface area contributed by atoms with Gasteiger partial charge >= 0.3 is 0 Å². The van der Waals surface area contributed by atoms with E-state index in [1.807, 2.05) is 29.2 Å². The van der Waals surface area contributed by atoms with Crippen LogP contribution in [0, 0.1) is 5.92 Å². The molecule has 0 spiro atoms. The summed E-state index contributed by atoms with van der Waals surface area (Å²) >= 11 is 0. The molecule has 1 aliphatic carbocycles. The first-order valence-corrected chi connectivity index (χ1v) is 9.74. The highest BCUT2D eigenvalue weighted by molar-refractivity contribution is 5.76. The number of amides is 1. The Balaban J connectivity index is 1.55. The van der Waals surface area contributed by atoms with E-state index in [0.717, 1.165) is 17.7 Å². The highest BCUT2D eigenvalue weighted by Crippen LogP contribution is 2.31. The molecule has 5 heteroatoms. The lowest BCUT2D eigenvalue weighted by Gasteiger charge is -2.28. The number of methoxy groups -OCH3 is 1. The fraction of sp³-hybridized carbons (Fsp3) is 0.571. The van der Waals surface area contributed by atoms with Gasteiger partial charge in [-0.3, -0.25) is 15.6 Å². The van der Waals surface area contributed by atoms with Crippen molar-refractivity contribution in [2.45, 2.75) is 57.2 Å². The normalized spacial score (nSPS) is 24.7. The minimum Gasteiger partial charge on any atom is -0.497 e. The lowest BCUT2D eigenvalue weighted by atomic mass is 9.80. The van der Waals surface area contributed by atoms with Crippen LogP contribution >= 0.6 is 0 Å². The second-order valence-electron chi connectivity index (χ2n) is 7.40. The number of rotatable bonds is 8. The lowest BCUT2D eigenvalue weighted by Crippen LogP contribution is -2.35. The Kier molecular flexibility index (Phi) is 6.69. The number of carbonyl (C=O) groups is 1. The van der Waals surface area contributed by atoms with Crippen LogP contribution in [0.4, 0.5) is 0 Å². The van der Waals surface area contributed by atoms with Gasteiger partial charge in [0, 0.05) is 31.6 Å². The Morgan fingerprint density at radius 2 is 2.19 bits per heavy atom. The summed E-state index contributed by atoms with van der Waals surface area (Å²) in [7, 11) is 1.66. The Bertz CT molecular complexity index is 619. The molecule has 0 bridgehead atoms. The number of carbonyl (C=O) groups excluding carboxylic acids is 1. The summed E-state index contributed by atoms with van der Waals surface area (Å²) in [4.78, 5) is 14.7. The molecule has 1 heterocycles. The largest absolute Gasteiger partial charge is 0.497 e. The van der Waals surface area contributed by atoms with Crippen LogP contribution in [-0.4, -0.2) is 36.5 Å². The zero-order valence-corrected chi connectivity index (χ0v) is 15.7. The van der Waals surface area contributed by atoms with Gasteiger partial charge in [0.1, 0.15) is 5.75 Å². The molecule has 3 rings (SSSR count). The van der Waals surface area contributed by atoms with Crippen molar-refractivity contribution >= 4 is 5.91 Å². The Morgan fingerprint density at radius 3 is 3.00 bits per heavy atom. The van der Waals surface area contributed by atoms with Crippen molar-refractivity contribution in [2.75, 3.05) is 13.7 Å². The number of nitrogens with one attached hydrogen (secondary N) is 2. The Labute approximate surface area is 156 Å². The predicted octanol–water partition coefficient (Wildman–Crippen LogP) is 3.03. The summed E-state index contributed by atoms with van der Waals surface area (Å²) < 4.78 is 5.28. The van der Waals surface area contributed by atoms with Gasteiger partial charge in [0.05, 0.1) is 7.11 Å². The zero-order chi connectivity index (χ0) is 18.4. The van der Waals surface area contributed by atoms with Crippen molar-refractivity contribution in [1.29, 1.82) is 0 Å². The quantitative estimate of drug-likeness (QED) is 0.702. The van der Waals surface area contributed by atoms with Crippen LogP contribution < -0.4 is 15.6 Å². The minimum absolute atomic E-state index is 0.189. The van der Waals surface area contributed by atoms with E-state index in [2.05, 4.69) is 17.4 Å². The van der Waals surface area contributed by atoms with Crippen molar-refractivity contribution in [3.05, 3.63) is 42.5 Å². The van der Waals surface area contributed by atoms with Crippen LogP contribution in [0.2, 0.25) is 0 Å². The molecule has 2 fully saturated rings. The number of hydrogen-bond acceptors (Lipinski definition) is 4. The fourth-order valence-electron chi connectivity index (χ4n) is 4.27. The number of benzene rings is 1. The number of hydrazine groups is 1. The van der Waals surface area contributed by atoms with Gasteiger partial charge in [-0.1, -0.05) is 31.1 Å². The van der Waals surface area contributed by atoms with E-state index in [1.54, 1.807) is 13.2 Å². The van der Waals surface area contributed by atoms with E-state index in [9.17, 15) is 4.79 Å². The molecule has 1 saturated carbocycles. The second kappa shape index (κ2) is 9.19. The Hall–Kier alpha value is -1.85. The van der Waals surface area contributed by atoms with Gasteiger partial charge in [0.2, 0.25) is 5.91 Å². The van der Waals surface area contributed by atoms with Gasteiger partial charge in [0.15, 0.2) is 0 Å². The first-order chi connectivity index (χ1) is 12.7. The molecule has 1 saturated heterocycles. The number of fused-ring (bicyclic) bond motifs is 1.